The highest BCUT2D eigenvalue weighted by molar-refractivity contribution is 7.91. The number of H-pyrrole nitrogens is 1. The first-order valence-corrected chi connectivity index (χ1v) is 13.2. The van der Waals surface area contributed by atoms with Gasteiger partial charge in [0, 0.05) is 32.2 Å². The number of nitrogens with zero attached hydrogens (tertiary/aromatic N) is 3. The summed E-state index contributed by atoms with van der Waals surface area (Å²) in [6, 6.07) is 4.90. The minimum absolute atomic E-state index is 0.0236. The number of amides is 1. The molecule has 1 N–H and O–H groups in total. The van der Waals surface area contributed by atoms with Crippen LogP contribution in [0.25, 0.3) is 11.0 Å². The molecule has 2 saturated heterocycles. The van der Waals surface area contributed by atoms with Crippen LogP contribution in [0.15, 0.2) is 27.9 Å². The first-order chi connectivity index (χ1) is 15.1. The molecule has 2 aromatic rings. The number of hydrogen-bond acceptors (Lipinski definition) is 5. The van der Waals surface area contributed by atoms with Gasteiger partial charge in [0.05, 0.1) is 28.2 Å². The molecule has 2 aliphatic rings. The summed E-state index contributed by atoms with van der Waals surface area (Å²) in [6.45, 7) is 9.76. The van der Waals surface area contributed by atoms with Gasteiger partial charge in [0.2, 0.25) is 5.91 Å². The molecule has 2 aliphatic heterocycles. The molecule has 0 radical (unpaired) electrons. The Bertz CT molecular complexity index is 1150. The largest absolute Gasteiger partial charge is 0.342 e. The van der Waals surface area contributed by atoms with Crippen molar-refractivity contribution in [3.05, 3.63) is 28.7 Å². The van der Waals surface area contributed by atoms with Crippen LogP contribution in [0.5, 0.6) is 0 Å². The second kappa shape index (κ2) is 8.67. The number of hydrogen-bond donors (Lipinski definition) is 1. The van der Waals surface area contributed by atoms with E-state index in [9.17, 15) is 18.0 Å². The zero-order valence-electron chi connectivity index (χ0n) is 19.3. The fraction of sp³-hybridized carbons (Fsp3) is 0.652. The van der Waals surface area contributed by atoms with Crippen LogP contribution in [-0.4, -0.2) is 72.2 Å². The van der Waals surface area contributed by atoms with Crippen LogP contribution in [0.4, 0.5) is 0 Å². The molecular formula is C23H34N4O4S. The van der Waals surface area contributed by atoms with Crippen LogP contribution < -0.4 is 5.69 Å². The van der Waals surface area contributed by atoms with Gasteiger partial charge in [-0.05, 0) is 49.3 Å². The van der Waals surface area contributed by atoms with Gasteiger partial charge in [-0.1, -0.05) is 20.8 Å². The average Bonchev–Trinajstić information content (AvgIpc) is 3.09. The van der Waals surface area contributed by atoms with Gasteiger partial charge in [0.1, 0.15) is 0 Å². The molecule has 0 saturated carbocycles. The summed E-state index contributed by atoms with van der Waals surface area (Å²) in [5, 5.41) is 0. The maximum atomic E-state index is 12.7. The van der Waals surface area contributed by atoms with Gasteiger partial charge in [-0.15, -0.1) is 0 Å². The van der Waals surface area contributed by atoms with Crippen molar-refractivity contribution in [2.75, 3.05) is 38.5 Å². The SMILES string of the molecule is CCS(=O)(=O)c1ccc2c(c1)[nH]c(=O)n2C1CCN(CC(=O)N2CCC(C)(C)CC2)CC1. The number of nitrogens with one attached hydrogen (secondary N) is 1. The van der Waals surface area contributed by atoms with Gasteiger partial charge in [-0.25, -0.2) is 13.2 Å². The Morgan fingerprint density at radius 1 is 1.12 bits per heavy atom. The van der Waals surface area contributed by atoms with E-state index in [1.165, 1.54) is 0 Å². The number of rotatable bonds is 5. The zero-order valence-corrected chi connectivity index (χ0v) is 20.1. The fourth-order valence-electron chi connectivity index (χ4n) is 4.82. The number of sulfone groups is 1. The predicted octanol–water partition coefficient (Wildman–Crippen LogP) is 2.41. The van der Waals surface area contributed by atoms with Gasteiger partial charge in [-0.2, -0.15) is 0 Å². The number of imidazole rings is 1. The Morgan fingerprint density at radius 2 is 1.78 bits per heavy atom. The van der Waals surface area contributed by atoms with Crippen LogP contribution in [0.1, 0.15) is 52.5 Å². The molecule has 1 amide bonds. The number of aromatic nitrogens is 2. The summed E-state index contributed by atoms with van der Waals surface area (Å²) >= 11 is 0. The monoisotopic (exact) mass is 462 g/mol. The topological polar surface area (TPSA) is 95.5 Å². The first kappa shape index (κ1) is 23.0. The highest BCUT2D eigenvalue weighted by Crippen LogP contribution is 2.30. The summed E-state index contributed by atoms with van der Waals surface area (Å²) in [6.07, 6.45) is 3.65. The second-order valence-corrected chi connectivity index (χ2v) is 12.2. The van der Waals surface area contributed by atoms with Crippen molar-refractivity contribution in [1.29, 1.82) is 0 Å². The van der Waals surface area contributed by atoms with Gasteiger partial charge < -0.3 is 9.88 Å². The van der Waals surface area contributed by atoms with Crippen molar-refractivity contribution in [3.63, 3.8) is 0 Å². The van der Waals surface area contributed by atoms with Crippen molar-refractivity contribution >= 4 is 26.8 Å². The van der Waals surface area contributed by atoms with E-state index in [0.29, 0.717) is 17.5 Å². The van der Waals surface area contributed by atoms with Crippen molar-refractivity contribution in [2.24, 2.45) is 5.41 Å². The van der Waals surface area contributed by atoms with Crippen LogP contribution in [-0.2, 0) is 14.6 Å². The molecule has 0 spiro atoms. The molecular weight excluding hydrogens is 428 g/mol. The molecule has 3 heterocycles. The maximum Gasteiger partial charge on any atom is 0.326 e. The number of carbonyl (C=O) groups is 1. The van der Waals surface area contributed by atoms with E-state index in [-0.39, 0.29) is 28.3 Å². The van der Waals surface area contributed by atoms with E-state index in [4.69, 9.17) is 0 Å². The molecule has 0 unspecified atom stereocenters. The Kier molecular flexibility index (Phi) is 6.24. The lowest BCUT2D eigenvalue weighted by molar-refractivity contribution is -0.134. The lowest BCUT2D eigenvalue weighted by Crippen LogP contribution is -2.47. The van der Waals surface area contributed by atoms with E-state index < -0.39 is 9.84 Å². The summed E-state index contributed by atoms with van der Waals surface area (Å²) in [4.78, 5) is 32.6. The number of fused-ring (bicyclic) bond motifs is 1. The Hall–Kier alpha value is -2.13. The quantitative estimate of drug-likeness (QED) is 0.736. The highest BCUT2D eigenvalue weighted by atomic mass is 32.2. The van der Waals surface area contributed by atoms with E-state index in [1.807, 2.05) is 4.90 Å². The molecule has 9 heteroatoms. The lowest BCUT2D eigenvalue weighted by atomic mass is 9.82. The molecule has 176 valence electrons. The number of aromatic amines is 1. The molecule has 4 rings (SSSR count). The third kappa shape index (κ3) is 4.64. The molecule has 8 nitrogen and oxygen atoms in total. The van der Waals surface area contributed by atoms with E-state index in [2.05, 4.69) is 23.7 Å². The van der Waals surface area contributed by atoms with E-state index in [0.717, 1.165) is 57.4 Å². The molecule has 1 aromatic carbocycles. The smallest absolute Gasteiger partial charge is 0.326 e. The van der Waals surface area contributed by atoms with Gasteiger partial charge in [0.25, 0.3) is 0 Å². The Labute approximate surface area is 189 Å². The normalized spacial score (nSPS) is 20.7. The lowest BCUT2D eigenvalue weighted by Gasteiger charge is -2.38. The van der Waals surface area contributed by atoms with E-state index in [1.54, 1.807) is 29.7 Å². The fourth-order valence-corrected chi connectivity index (χ4v) is 5.73. The highest BCUT2D eigenvalue weighted by Gasteiger charge is 2.30. The standard InChI is InChI=1S/C23H34N4O4S/c1-4-32(30,31)18-5-6-20-19(15-18)24-22(29)27(20)17-7-11-25(12-8-17)16-21(28)26-13-9-23(2,3)10-14-26/h5-6,15,17H,4,7-14,16H2,1-3H3,(H,24,29). The number of benzene rings is 1. The Morgan fingerprint density at radius 3 is 2.41 bits per heavy atom. The summed E-state index contributed by atoms with van der Waals surface area (Å²) in [7, 11) is -3.33. The zero-order chi connectivity index (χ0) is 23.1. The maximum absolute atomic E-state index is 12.7. The molecule has 0 bridgehead atoms. The number of piperidine rings is 2. The molecule has 1 aromatic heterocycles. The molecule has 2 fully saturated rings. The predicted molar refractivity (Wildman–Crippen MR) is 125 cm³/mol. The van der Waals surface area contributed by atoms with Crippen molar-refractivity contribution in [2.45, 2.75) is 57.4 Å². The number of likely N-dealkylation sites (tertiary alicyclic amines) is 2. The van der Waals surface area contributed by atoms with Crippen molar-refractivity contribution in [1.82, 2.24) is 19.4 Å². The summed E-state index contributed by atoms with van der Waals surface area (Å²) in [5.41, 5.74) is 1.39. The Balaban J connectivity index is 1.40. The summed E-state index contributed by atoms with van der Waals surface area (Å²) in [5.74, 6) is 0.225. The molecule has 0 atom stereocenters. The third-order valence-electron chi connectivity index (χ3n) is 7.18. The average molecular weight is 463 g/mol. The van der Waals surface area contributed by atoms with Gasteiger partial charge in [-0.3, -0.25) is 14.3 Å². The number of carbonyl (C=O) groups excluding carboxylic acids is 1. The van der Waals surface area contributed by atoms with Crippen LogP contribution in [0.2, 0.25) is 0 Å². The summed E-state index contributed by atoms with van der Waals surface area (Å²) < 4.78 is 26.1. The first-order valence-electron chi connectivity index (χ1n) is 11.6. The van der Waals surface area contributed by atoms with Crippen molar-refractivity contribution in [3.8, 4) is 0 Å². The van der Waals surface area contributed by atoms with Crippen LogP contribution in [0, 0.1) is 5.41 Å². The van der Waals surface area contributed by atoms with Crippen molar-refractivity contribution < 1.29 is 13.2 Å². The third-order valence-corrected chi connectivity index (χ3v) is 8.91. The van der Waals surface area contributed by atoms with E-state index >= 15 is 0 Å². The van der Waals surface area contributed by atoms with Gasteiger partial charge >= 0.3 is 5.69 Å². The minimum atomic E-state index is -3.33. The second-order valence-electron chi connectivity index (χ2n) is 9.93. The minimum Gasteiger partial charge on any atom is -0.342 e. The van der Waals surface area contributed by atoms with Crippen LogP contribution in [0.3, 0.4) is 0 Å². The van der Waals surface area contributed by atoms with Gasteiger partial charge in [0.15, 0.2) is 9.84 Å². The van der Waals surface area contributed by atoms with Crippen LogP contribution >= 0.6 is 0 Å². The molecule has 0 aliphatic carbocycles. The molecule has 32 heavy (non-hydrogen) atoms.